The molecule has 2 saturated heterocycles. The lowest BCUT2D eigenvalue weighted by Gasteiger charge is -2.40. The third-order valence-corrected chi connectivity index (χ3v) is 6.60. The van der Waals surface area contributed by atoms with E-state index in [1.165, 1.54) is 35.0 Å². The van der Waals surface area contributed by atoms with Gasteiger partial charge in [0.1, 0.15) is 17.2 Å². The predicted molar refractivity (Wildman–Crippen MR) is 113 cm³/mol. The van der Waals surface area contributed by atoms with Crippen molar-refractivity contribution in [3.05, 3.63) is 70.0 Å². The number of piperazine rings is 1. The number of carboxylic acid groups (broad SMARTS) is 1. The number of aromatic nitrogens is 1. The number of benzene rings is 2. The van der Waals surface area contributed by atoms with Crippen LogP contribution in [0.15, 0.2) is 47.4 Å². The van der Waals surface area contributed by atoms with Gasteiger partial charge in [0.2, 0.25) is 5.43 Å². The van der Waals surface area contributed by atoms with E-state index in [0.717, 1.165) is 18.9 Å². The third kappa shape index (κ3) is 3.18. The summed E-state index contributed by atoms with van der Waals surface area (Å²) in [7, 11) is 2.09. The molecule has 0 saturated carbocycles. The van der Waals surface area contributed by atoms with Crippen molar-refractivity contribution in [3.8, 4) is 5.69 Å². The van der Waals surface area contributed by atoms with Crippen LogP contribution < -0.4 is 10.3 Å². The Morgan fingerprint density at radius 2 is 1.71 bits per heavy atom. The fourth-order valence-corrected chi connectivity index (χ4v) is 4.85. The SMILES string of the molecule is CN1[C@@H]2CC[C@H]1CN(c1cc3c(cc1F)c(=O)c(C(=O)O)cn3-c1ccc(F)cc1)C2. The summed E-state index contributed by atoms with van der Waals surface area (Å²) in [6.07, 6.45) is 3.35. The summed E-state index contributed by atoms with van der Waals surface area (Å²) in [6, 6.07) is 8.91. The zero-order valence-corrected chi connectivity index (χ0v) is 16.9. The average Bonchev–Trinajstić information content (AvgIpc) is 2.95. The number of halogens is 2. The minimum absolute atomic E-state index is 0.0254. The molecule has 2 aliphatic rings. The van der Waals surface area contributed by atoms with Crippen molar-refractivity contribution in [2.75, 3.05) is 25.0 Å². The Kier molecular flexibility index (Phi) is 4.55. The van der Waals surface area contributed by atoms with E-state index < -0.39 is 28.6 Å². The molecule has 0 amide bonds. The van der Waals surface area contributed by atoms with Crippen LogP contribution in [0, 0.1) is 11.6 Å². The smallest absolute Gasteiger partial charge is 0.341 e. The molecule has 0 aliphatic carbocycles. The minimum Gasteiger partial charge on any atom is -0.477 e. The summed E-state index contributed by atoms with van der Waals surface area (Å²) in [5.41, 5.74) is 0.0244. The standard InChI is InChI=1S/C23H21F2N3O3/c1-26-15-6-7-16(26)11-27(10-15)21-9-20-17(8-19(21)25)22(29)18(23(30)31)12-28(20)14-4-2-13(24)3-5-14/h2-5,8-9,12,15-16H,6-7,10-11H2,1H3,(H,30,31)/t15-,16+. The van der Waals surface area contributed by atoms with Crippen molar-refractivity contribution < 1.29 is 18.7 Å². The molecule has 6 nitrogen and oxygen atoms in total. The number of pyridine rings is 1. The van der Waals surface area contributed by atoms with Crippen LogP contribution in [0.25, 0.3) is 16.6 Å². The molecular weight excluding hydrogens is 404 g/mol. The summed E-state index contributed by atoms with van der Waals surface area (Å²) in [4.78, 5) is 28.7. The number of hydrogen-bond acceptors (Lipinski definition) is 4. The number of aromatic carboxylic acids is 1. The number of anilines is 1. The van der Waals surface area contributed by atoms with Gasteiger partial charge in [-0.15, -0.1) is 0 Å². The van der Waals surface area contributed by atoms with Crippen LogP contribution >= 0.6 is 0 Å². The number of likely N-dealkylation sites (N-methyl/N-ethyl adjacent to an activating group) is 1. The van der Waals surface area contributed by atoms with E-state index >= 15 is 4.39 Å². The maximum absolute atomic E-state index is 15.2. The molecule has 0 spiro atoms. The molecular formula is C23H21F2N3O3. The Labute approximate surface area is 176 Å². The van der Waals surface area contributed by atoms with Crippen molar-refractivity contribution >= 4 is 22.6 Å². The molecule has 1 N–H and O–H groups in total. The zero-order chi connectivity index (χ0) is 21.9. The second kappa shape index (κ2) is 7.16. The van der Waals surface area contributed by atoms with Crippen LogP contribution in [-0.4, -0.2) is 52.8 Å². The number of carbonyl (C=O) groups is 1. The van der Waals surface area contributed by atoms with E-state index in [9.17, 15) is 19.1 Å². The molecule has 160 valence electrons. The molecule has 2 aromatic carbocycles. The number of rotatable bonds is 3. The summed E-state index contributed by atoms with van der Waals surface area (Å²) >= 11 is 0. The van der Waals surface area contributed by atoms with Gasteiger partial charge < -0.3 is 14.6 Å². The monoisotopic (exact) mass is 425 g/mol. The Balaban J connectivity index is 1.72. The molecule has 2 fully saturated rings. The zero-order valence-electron chi connectivity index (χ0n) is 16.9. The van der Waals surface area contributed by atoms with Crippen LogP contribution in [0.5, 0.6) is 0 Å². The first-order valence-corrected chi connectivity index (χ1v) is 10.2. The highest BCUT2D eigenvalue weighted by Crippen LogP contribution is 2.34. The highest BCUT2D eigenvalue weighted by Gasteiger charge is 2.38. The molecule has 5 rings (SSSR count). The Morgan fingerprint density at radius 1 is 1.06 bits per heavy atom. The molecule has 3 aromatic rings. The third-order valence-electron chi connectivity index (χ3n) is 6.60. The number of hydrogen-bond donors (Lipinski definition) is 1. The molecule has 31 heavy (non-hydrogen) atoms. The maximum atomic E-state index is 15.2. The van der Waals surface area contributed by atoms with Crippen LogP contribution in [0.1, 0.15) is 23.2 Å². The average molecular weight is 425 g/mol. The van der Waals surface area contributed by atoms with Crippen molar-refractivity contribution in [2.24, 2.45) is 0 Å². The van der Waals surface area contributed by atoms with Gasteiger partial charge >= 0.3 is 5.97 Å². The first-order valence-electron chi connectivity index (χ1n) is 10.2. The Morgan fingerprint density at radius 3 is 2.32 bits per heavy atom. The molecule has 8 heteroatoms. The quantitative estimate of drug-likeness (QED) is 0.698. The first kappa shape index (κ1) is 19.7. The number of carboxylic acids is 1. The largest absolute Gasteiger partial charge is 0.477 e. The van der Waals surface area contributed by atoms with E-state index in [1.54, 1.807) is 6.07 Å². The lowest BCUT2D eigenvalue weighted by atomic mass is 10.1. The van der Waals surface area contributed by atoms with Gasteiger partial charge in [-0.05, 0) is 56.3 Å². The molecule has 2 bridgehead atoms. The van der Waals surface area contributed by atoms with Gasteiger partial charge in [0, 0.05) is 42.4 Å². The summed E-state index contributed by atoms with van der Waals surface area (Å²) in [6.45, 7) is 1.37. The van der Waals surface area contributed by atoms with Gasteiger partial charge in [0.05, 0.1) is 11.2 Å². The van der Waals surface area contributed by atoms with Crippen LogP contribution in [0.4, 0.5) is 14.5 Å². The van der Waals surface area contributed by atoms with Crippen LogP contribution in [0.2, 0.25) is 0 Å². The molecule has 0 unspecified atom stereocenters. The van der Waals surface area contributed by atoms with E-state index in [0.29, 0.717) is 42.1 Å². The number of fused-ring (bicyclic) bond motifs is 3. The fraction of sp³-hybridized carbons (Fsp3) is 0.304. The van der Waals surface area contributed by atoms with E-state index in [2.05, 4.69) is 11.9 Å². The molecule has 3 heterocycles. The summed E-state index contributed by atoms with van der Waals surface area (Å²) in [5.74, 6) is -2.39. The maximum Gasteiger partial charge on any atom is 0.341 e. The van der Waals surface area contributed by atoms with Crippen LogP contribution in [-0.2, 0) is 0 Å². The number of nitrogens with zero attached hydrogens (tertiary/aromatic N) is 3. The van der Waals surface area contributed by atoms with Crippen molar-refractivity contribution in [3.63, 3.8) is 0 Å². The van der Waals surface area contributed by atoms with E-state index in [1.807, 2.05) is 4.90 Å². The highest BCUT2D eigenvalue weighted by atomic mass is 19.1. The van der Waals surface area contributed by atoms with Gasteiger partial charge in [-0.2, -0.15) is 0 Å². The normalized spacial score (nSPS) is 21.1. The first-order chi connectivity index (χ1) is 14.8. The fourth-order valence-electron chi connectivity index (χ4n) is 4.85. The van der Waals surface area contributed by atoms with Gasteiger partial charge in [0.15, 0.2) is 0 Å². The van der Waals surface area contributed by atoms with Gasteiger partial charge in [-0.25, -0.2) is 13.6 Å². The van der Waals surface area contributed by atoms with E-state index in [4.69, 9.17) is 0 Å². The molecule has 0 radical (unpaired) electrons. The summed E-state index contributed by atoms with van der Waals surface area (Å²) < 4.78 is 30.1. The Hall–Kier alpha value is -3.26. The van der Waals surface area contributed by atoms with Gasteiger partial charge in [-0.3, -0.25) is 9.69 Å². The van der Waals surface area contributed by atoms with Crippen LogP contribution in [0.3, 0.4) is 0 Å². The second-order valence-electron chi connectivity index (χ2n) is 8.30. The Bertz CT molecular complexity index is 1240. The van der Waals surface area contributed by atoms with Crippen molar-refractivity contribution in [1.82, 2.24) is 9.47 Å². The molecule has 2 aliphatic heterocycles. The lowest BCUT2D eigenvalue weighted by molar-refractivity contribution is 0.0695. The molecule has 1 aromatic heterocycles. The summed E-state index contributed by atoms with van der Waals surface area (Å²) in [5, 5.41) is 9.45. The minimum atomic E-state index is -1.40. The second-order valence-corrected chi connectivity index (χ2v) is 8.30. The van der Waals surface area contributed by atoms with Gasteiger partial charge in [-0.1, -0.05) is 0 Å². The predicted octanol–water partition coefficient (Wildman–Crippen LogP) is 3.25. The lowest BCUT2D eigenvalue weighted by Crippen LogP contribution is -2.52. The topological polar surface area (TPSA) is 65.8 Å². The highest BCUT2D eigenvalue weighted by molar-refractivity contribution is 5.94. The van der Waals surface area contributed by atoms with Crippen molar-refractivity contribution in [2.45, 2.75) is 24.9 Å². The molecule has 2 atom stereocenters. The van der Waals surface area contributed by atoms with Crippen molar-refractivity contribution in [1.29, 1.82) is 0 Å². The van der Waals surface area contributed by atoms with E-state index in [-0.39, 0.29) is 5.39 Å². The van der Waals surface area contributed by atoms with Gasteiger partial charge in [0.25, 0.3) is 0 Å².